The Bertz CT molecular complexity index is 1330. The molecule has 1 aliphatic rings. The van der Waals surface area contributed by atoms with E-state index < -0.39 is 17.7 Å². The van der Waals surface area contributed by atoms with Gasteiger partial charge in [-0.1, -0.05) is 67.4 Å². The molecule has 1 amide bonds. The zero-order chi connectivity index (χ0) is 26.5. The van der Waals surface area contributed by atoms with Gasteiger partial charge in [-0.05, 0) is 55.2 Å². The second-order valence-electron chi connectivity index (χ2n) is 9.34. The van der Waals surface area contributed by atoms with E-state index >= 15 is 0 Å². The summed E-state index contributed by atoms with van der Waals surface area (Å²) in [4.78, 5) is 28.3. The molecule has 37 heavy (non-hydrogen) atoms. The summed E-state index contributed by atoms with van der Waals surface area (Å²) >= 11 is 0. The standard InChI is InChI=1S/C31H33NO5/c1-5-6-16-37-25-15-14-23(18-26(25)36-4)28-27(29(33)24-17-20(2)12-13-21(24)3)30(34)31(35)32(28)19-22-10-8-7-9-11-22/h7-15,17-18,28,33H,5-6,16,19H2,1-4H3/b29-27+. The van der Waals surface area contributed by atoms with Crippen molar-refractivity contribution in [2.24, 2.45) is 0 Å². The third kappa shape index (κ3) is 5.38. The van der Waals surface area contributed by atoms with E-state index in [-0.39, 0.29) is 17.9 Å². The highest BCUT2D eigenvalue weighted by molar-refractivity contribution is 6.46. The summed E-state index contributed by atoms with van der Waals surface area (Å²) in [5, 5.41) is 11.5. The number of ether oxygens (including phenoxy) is 2. The highest BCUT2D eigenvalue weighted by Crippen LogP contribution is 2.43. The van der Waals surface area contributed by atoms with Crippen LogP contribution in [0.1, 0.15) is 53.6 Å². The molecule has 1 N–H and O–H groups in total. The van der Waals surface area contributed by atoms with Gasteiger partial charge in [0, 0.05) is 12.1 Å². The summed E-state index contributed by atoms with van der Waals surface area (Å²) in [5.74, 6) is -0.438. The number of hydrogen-bond donors (Lipinski definition) is 1. The minimum absolute atomic E-state index is 0.0661. The lowest BCUT2D eigenvalue weighted by atomic mass is 9.93. The molecule has 0 aromatic heterocycles. The SMILES string of the molecule is CCCCOc1ccc(C2/C(=C(\O)c3cc(C)ccc3C)C(=O)C(=O)N2Cc2ccccc2)cc1OC. The van der Waals surface area contributed by atoms with Crippen molar-refractivity contribution in [3.05, 3.63) is 100 Å². The number of benzene rings is 3. The Morgan fingerprint density at radius 2 is 1.73 bits per heavy atom. The maximum Gasteiger partial charge on any atom is 0.295 e. The van der Waals surface area contributed by atoms with Gasteiger partial charge in [-0.2, -0.15) is 0 Å². The molecule has 1 atom stereocenters. The van der Waals surface area contributed by atoms with Crippen LogP contribution in [0.2, 0.25) is 0 Å². The van der Waals surface area contributed by atoms with Crippen molar-refractivity contribution in [2.75, 3.05) is 13.7 Å². The van der Waals surface area contributed by atoms with Crippen molar-refractivity contribution in [3.8, 4) is 11.5 Å². The van der Waals surface area contributed by atoms with Crippen LogP contribution >= 0.6 is 0 Å². The van der Waals surface area contributed by atoms with Gasteiger partial charge in [-0.15, -0.1) is 0 Å². The first kappa shape index (κ1) is 26.0. The van der Waals surface area contributed by atoms with Crippen LogP contribution in [0.5, 0.6) is 11.5 Å². The molecule has 1 saturated heterocycles. The predicted molar refractivity (Wildman–Crippen MR) is 144 cm³/mol. The lowest BCUT2D eigenvalue weighted by molar-refractivity contribution is -0.140. The van der Waals surface area contributed by atoms with E-state index in [2.05, 4.69) is 6.92 Å². The number of unbranched alkanes of at least 4 members (excludes halogenated alkanes) is 1. The van der Waals surface area contributed by atoms with E-state index in [0.717, 1.165) is 29.5 Å². The van der Waals surface area contributed by atoms with Crippen LogP contribution in [-0.4, -0.2) is 35.4 Å². The number of aliphatic hydroxyl groups excluding tert-OH is 1. The van der Waals surface area contributed by atoms with Gasteiger partial charge in [0.1, 0.15) is 5.76 Å². The molecule has 4 rings (SSSR count). The fourth-order valence-electron chi connectivity index (χ4n) is 4.61. The smallest absolute Gasteiger partial charge is 0.295 e. The van der Waals surface area contributed by atoms with E-state index in [1.807, 2.05) is 68.4 Å². The van der Waals surface area contributed by atoms with Crippen molar-refractivity contribution >= 4 is 17.4 Å². The molecule has 3 aromatic carbocycles. The van der Waals surface area contributed by atoms with Gasteiger partial charge < -0.3 is 19.5 Å². The van der Waals surface area contributed by atoms with E-state index in [1.54, 1.807) is 19.2 Å². The van der Waals surface area contributed by atoms with E-state index in [9.17, 15) is 14.7 Å². The number of amides is 1. The Morgan fingerprint density at radius 1 is 0.973 bits per heavy atom. The number of likely N-dealkylation sites (tertiary alicyclic amines) is 1. The maximum absolute atomic E-state index is 13.4. The Labute approximate surface area is 218 Å². The molecular weight excluding hydrogens is 466 g/mol. The Morgan fingerprint density at radius 3 is 2.43 bits per heavy atom. The van der Waals surface area contributed by atoms with Crippen molar-refractivity contribution in [2.45, 2.75) is 46.2 Å². The number of aliphatic hydroxyl groups is 1. The fourth-order valence-corrected chi connectivity index (χ4v) is 4.61. The van der Waals surface area contributed by atoms with Gasteiger partial charge in [0.15, 0.2) is 11.5 Å². The number of aryl methyl sites for hydroxylation is 2. The number of rotatable bonds is 9. The number of nitrogens with zero attached hydrogens (tertiary/aromatic N) is 1. The first-order chi connectivity index (χ1) is 17.8. The largest absolute Gasteiger partial charge is 0.507 e. The zero-order valence-corrected chi connectivity index (χ0v) is 21.8. The lowest BCUT2D eigenvalue weighted by Gasteiger charge is -2.26. The zero-order valence-electron chi connectivity index (χ0n) is 21.8. The molecule has 1 heterocycles. The van der Waals surface area contributed by atoms with Gasteiger partial charge in [0.25, 0.3) is 11.7 Å². The van der Waals surface area contributed by atoms with Crippen LogP contribution in [0.4, 0.5) is 0 Å². The molecule has 3 aromatic rings. The molecule has 0 radical (unpaired) electrons. The van der Waals surface area contributed by atoms with Gasteiger partial charge in [0.2, 0.25) is 0 Å². The van der Waals surface area contributed by atoms with Gasteiger partial charge in [0.05, 0.1) is 25.3 Å². The van der Waals surface area contributed by atoms with Crippen LogP contribution in [0.25, 0.3) is 5.76 Å². The van der Waals surface area contributed by atoms with Crippen LogP contribution in [0, 0.1) is 13.8 Å². The van der Waals surface area contributed by atoms with E-state index in [1.165, 1.54) is 4.90 Å². The Hall–Kier alpha value is -4.06. The molecule has 6 heteroatoms. The lowest BCUT2D eigenvalue weighted by Crippen LogP contribution is -2.29. The molecule has 1 fully saturated rings. The van der Waals surface area contributed by atoms with Crippen LogP contribution in [-0.2, 0) is 16.1 Å². The average Bonchev–Trinajstić information content (AvgIpc) is 3.15. The minimum atomic E-state index is -0.793. The van der Waals surface area contributed by atoms with Gasteiger partial charge >= 0.3 is 0 Å². The van der Waals surface area contributed by atoms with Crippen molar-refractivity contribution in [3.63, 3.8) is 0 Å². The molecule has 0 bridgehead atoms. The van der Waals surface area contributed by atoms with Crippen LogP contribution in [0.15, 0.2) is 72.3 Å². The third-order valence-corrected chi connectivity index (χ3v) is 6.64. The second kappa shape index (κ2) is 11.3. The van der Waals surface area contributed by atoms with E-state index in [4.69, 9.17) is 9.47 Å². The summed E-state index contributed by atoms with van der Waals surface area (Å²) in [6.45, 7) is 6.66. The monoisotopic (exact) mass is 499 g/mol. The third-order valence-electron chi connectivity index (χ3n) is 6.64. The average molecular weight is 500 g/mol. The molecular formula is C31H33NO5. The molecule has 0 saturated carbocycles. The molecule has 0 aliphatic carbocycles. The molecule has 6 nitrogen and oxygen atoms in total. The summed E-state index contributed by atoms with van der Waals surface area (Å²) in [6, 6.07) is 19.8. The summed E-state index contributed by atoms with van der Waals surface area (Å²) in [6.07, 6.45) is 1.92. The Kier molecular flexibility index (Phi) is 7.97. The Balaban J connectivity index is 1.86. The highest BCUT2D eigenvalue weighted by atomic mass is 16.5. The molecule has 1 aliphatic heterocycles. The quantitative estimate of drug-likeness (QED) is 0.166. The molecule has 0 spiro atoms. The van der Waals surface area contributed by atoms with Crippen molar-refractivity contribution in [1.29, 1.82) is 0 Å². The maximum atomic E-state index is 13.4. The summed E-state index contributed by atoms with van der Waals surface area (Å²) in [5.41, 5.74) is 3.89. The van der Waals surface area contributed by atoms with E-state index in [0.29, 0.717) is 29.2 Å². The fraction of sp³-hybridized carbons (Fsp3) is 0.290. The van der Waals surface area contributed by atoms with Crippen molar-refractivity contribution < 1.29 is 24.2 Å². The van der Waals surface area contributed by atoms with Crippen LogP contribution < -0.4 is 9.47 Å². The predicted octanol–water partition coefficient (Wildman–Crippen LogP) is 6.11. The number of carbonyl (C=O) groups excluding carboxylic acids is 2. The topological polar surface area (TPSA) is 76.1 Å². The minimum Gasteiger partial charge on any atom is -0.507 e. The van der Waals surface area contributed by atoms with Gasteiger partial charge in [-0.3, -0.25) is 9.59 Å². The second-order valence-corrected chi connectivity index (χ2v) is 9.34. The molecule has 192 valence electrons. The summed E-state index contributed by atoms with van der Waals surface area (Å²) in [7, 11) is 1.56. The van der Waals surface area contributed by atoms with Crippen LogP contribution in [0.3, 0.4) is 0 Å². The normalized spacial score (nSPS) is 16.8. The molecule has 1 unspecified atom stereocenters. The number of carbonyl (C=O) groups is 2. The van der Waals surface area contributed by atoms with Crippen molar-refractivity contribution in [1.82, 2.24) is 4.90 Å². The number of methoxy groups -OCH3 is 1. The summed E-state index contributed by atoms with van der Waals surface area (Å²) < 4.78 is 11.5. The number of Topliss-reactive ketones (excluding diaryl/α,β-unsaturated/α-hetero) is 1. The number of hydrogen-bond acceptors (Lipinski definition) is 5. The first-order valence-electron chi connectivity index (χ1n) is 12.6. The highest BCUT2D eigenvalue weighted by Gasteiger charge is 2.46. The van der Waals surface area contributed by atoms with Gasteiger partial charge in [-0.25, -0.2) is 0 Å². The number of ketones is 1. The first-order valence-corrected chi connectivity index (χ1v) is 12.6.